The van der Waals surface area contributed by atoms with Crippen LogP contribution < -0.4 is 0 Å². The summed E-state index contributed by atoms with van der Waals surface area (Å²) >= 11 is 0. The van der Waals surface area contributed by atoms with E-state index in [1.54, 1.807) is 12.3 Å². The van der Waals surface area contributed by atoms with Gasteiger partial charge in [0.05, 0.1) is 0 Å². The number of rotatable bonds is 6. The van der Waals surface area contributed by atoms with Gasteiger partial charge in [-0.3, -0.25) is 0 Å². The molecule has 84 valence electrons. The molecule has 1 aromatic heterocycles. The van der Waals surface area contributed by atoms with Crippen molar-refractivity contribution < 1.29 is 4.52 Å². The number of nitrogens with zero attached hydrogens (tertiary/aromatic N) is 1. The summed E-state index contributed by atoms with van der Waals surface area (Å²) in [4.78, 5) is 0. The zero-order valence-corrected chi connectivity index (χ0v) is 10.0. The molecule has 0 bridgehead atoms. The third kappa shape index (κ3) is 2.49. The lowest BCUT2D eigenvalue weighted by atomic mass is 9.76. The van der Waals surface area contributed by atoms with Crippen molar-refractivity contribution in [2.24, 2.45) is 0 Å². The molecule has 0 spiro atoms. The largest absolute Gasteiger partial charge is 0.364 e. The highest BCUT2D eigenvalue weighted by atomic mass is 16.5. The van der Waals surface area contributed by atoms with Gasteiger partial charge in [-0.1, -0.05) is 45.3 Å². The van der Waals surface area contributed by atoms with Gasteiger partial charge in [-0.2, -0.15) is 0 Å². The zero-order chi connectivity index (χ0) is 11.3. The molecule has 0 radical (unpaired) electrons. The average molecular weight is 207 g/mol. The maximum Gasteiger partial charge on any atom is 0.128 e. The Balaban J connectivity index is 2.94. The van der Waals surface area contributed by atoms with Crippen molar-refractivity contribution in [2.75, 3.05) is 0 Å². The Hall–Kier alpha value is -1.05. The summed E-state index contributed by atoms with van der Waals surface area (Å²) in [7, 11) is 0. The normalized spacial score (nSPS) is 14.9. The molecule has 2 heteroatoms. The van der Waals surface area contributed by atoms with Crippen molar-refractivity contribution in [2.45, 2.75) is 51.9 Å². The Kier molecular flexibility index (Phi) is 4.13. The number of hydrogen-bond donors (Lipinski definition) is 0. The number of aromatic nitrogens is 1. The summed E-state index contributed by atoms with van der Waals surface area (Å²) in [5, 5.41) is 3.96. The SMILES string of the molecule is C=Cc1nocc1C(C)(CC)CCCC. The first-order chi connectivity index (χ1) is 7.18. The number of hydrogen-bond acceptors (Lipinski definition) is 2. The fourth-order valence-electron chi connectivity index (χ4n) is 1.91. The minimum absolute atomic E-state index is 0.180. The van der Waals surface area contributed by atoms with Crippen LogP contribution in [0.2, 0.25) is 0 Å². The van der Waals surface area contributed by atoms with E-state index in [1.807, 2.05) is 0 Å². The fourth-order valence-corrected chi connectivity index (χ4v) is 1.91. The van der Waals surface area contributed by atoms with E-state index >= 15 is 0 Å². The Bertz CT molecular complexity index is 316. The van der Waals surface area contributed by atoms with Crippen LogP contribution in [0.3, 0.4) is 0 Å². The highest BCUT2D eigenvalue weighted by Gasteiger charge is 2.28. The summed E-state index contributed by atoms with van der Waals surface area (Å²) in [6.45, 7) is 10.5. The van der Waals surface area contributed by atoms with Gasteiger partial charge in [0.1, 0.15) is 12.0 Å². The predicted molar refractivity (Wildman–Crippen MR) is 63.8 cm³/mol. The molecule has 0 aromatic carbocycles. The summed E-state index contributed by atoms with van der Waals surface area (Å²) in [5.41, 5.74) is 2.28. The van der Waals surface area contributed by atoms with Crippen LogP contribution in [-0.4, -0.2) is 5.16 Å². The molecule has 0 saturated heterocycles. The summed E-state index contributed by atoms with van der Waals surface area (Å²) in [6.07, 6.45) is 8.31. The molecule has 1 atom stereocenters. The molecule has 0 aliphatic rings. The third-order valence-corrected chi connectivity index (χ3v) is 3.30. The second-order valence-electron chi connectivity index (χ2n) is 4.34. The first-order valence-corrected chi connectivity index (χ1v) is 5.75. The molecule has 0 aliphatic carbocycles. The second kappa shape index (κ2) is 5.15. The van der Waals surface area contributed by atoms with Gasteiger partial charge in [0.25, 0.3) is 0 Å². The van der Waals surface area contributed by atoms with E-state index < -0.39 is 0 Å². The number of unbranched alkanes of at least 4 members (excludes halogenated alkanes) is 1. The first kappa shape index (κ1) is 12.0. The van der Waals surface area contributed by atoms with E-state index in [0.717, 1.165) is 12.1 Å². The van der Waals surface area contributed by atoms with Gasteiger partial charge in [0, 0.05) is 5.56 Å². The lowest BCUT2D eigenvalue weighted by Gasteiger charge is -2.27. The van der Waals surface area contributed by atoms with Crippen molar-refractivity contribution in [1.82, 2.24) is 5.16 Å². The van der Waals surface area contributed by atoms with Crippen LogP contribution in [0.5, 0.6) is 0 Å². The van der Waals surface area contributed by atoms with Gasteiger partial charge in [-0.25, -0.2) is 0 Å². The standard InChI is InChI=1S/C13H21NO/c1-5-8-9-13(4,7-3)11-10-15-14-12(11)6-2/h6,10H,2,5,7-9H2,1,3-4H3. The molecule has 2 nitrogen and oxygen atoms in total. The van der Waals surface area contributed by atoms with Gasteiger partial charge < -0.3 is 4.52 Å². The third-order valence-electron chi connectivity index (χ3n) is 3.30. The lowest BCUT2D eigenvalue weighted by molar-refractivity contribution is 0.389. The van der Waals surface area contributed by atoms with Crippen molar-refractivity contribution in [1.29, 1.82) is 0 Å². The Morgan fingerprint density at radius 3 is 2.80 bits per heavy atom. The van der Waals surface area contributed by atoms with Gasteiger partial charge in [0.15, 0.2) is 0 Å². The second-order valence-corrected chi connectivity index (χ2v) is 4.34. The van der Waals surface area contributed by atoms with Crippen molar-refractivity contribution >= 4 is 6.08 Å². The lowest BCUT2D eigenvalue weighted by Crippen LogP contribution is -2.21. The van der Waals surface area contributed by atoms with E-state index in [2.05, 4.69) is 32.5 Å². The zero-order valence-electron chi connectivity index (χ0n) is 10.0. The first-order valence-electron chi connectivity index (χ1n) is 5.75. The average Bonchev–Trinajstić information content (AvgIpc) is 2.74. The minimum Gasteiger partial charge on any atom is -0.364 e. The minimum atomic E-state index is 0.180. The van der Waals surface area contributed by atoms with Crippen LogP contribution >= 0.6 is 0 Å². The molecular formula is C13H21NO. The quantitative estimate of drug-likeness (QED) is 0.699. The molecule has 0 fully saturated rings. The van der Waals surface area contributed by atoms with Gasteiger partial charge in [-0.05, 0) is 24.3 Å². The van der Waals surface area contributed by atoms with Crippen LogP contribution in [0.25, 0.3) is 6.08 Å². The van der Waals surface area contributed by atoms with E-state index in [0.29, 0.717) is 0 Å². The maximum absolute atomic E-state index is 5.04. The van der Waals surface area contributed by atoms with Crippen molar-refractivity contribution in [3.8, 4) is 0 Å². The molecule has 0 amide bonds. The monoisotopic (exact) mass is 207 g/mol. The van der Waals surface area contributed by atoms with Crippen LogP contribution in [0.4, 0.5) is 0 Å². The molecule has 0 saturated carbocycles. The highest BCUT2D eigenvalue weighted by Crippen LogP contribution is 2.35. The van der Waals surface area contributed by atoms with Crippen LogP contribution in [0.15, 0.2) is 17.4 Å². The Morgan fingerprint density at radius 2 is 2.27 bits per heavy atom. The molecule has 1 unspecified atom stereocenters. The van der Waals surface area contributed by atoms with Crippen molar-refractivity contribution in [3.63, 3.8) is 0 Å². The highest BCUT2D eigenvalue weighted by molar-refractivity contribution is 5.48. The smallest absolute Gasteiger partial charge is 0.128 e. The van der Waals surface area contributed by atoms with E-state index in [1.165, 1.54) is 24.8 Å². The Labute approximate surface area is 92.4 Å². The molecule has 15 heavy (non-hydrogen) atoms. The van der Waals surface area contributed by atoms with Crippen molar-refractivity contribution in [3.05, 3.63) is 24.1 Å². The van der Waals surface area contributed by atoms with Gasteiger partial charge in [0.2, 0.25) is 0 Å². The van der Waals surface area contributed by atoms with Crippen LogP contribution in [-0.2, 0) is 5.41 Å². The van der Waals surface area contributed by atoms with Gasteiger partial charge in [-0.15, -0.1) is 0 Å². The Morgan fingerprint density at radius 1 is 1.53 bits per heavy atom. The molecule has 1 rings (SSSR count). The molecule has 0 N–H and O–H groups in total. The van der Waals surface area contributed by atoms with Crippen LogP contribution in [0.1, 0.15) is 57.7 Å². The summed E-state index contributed by atoms with van der Waals surface area (Å²) in [5.74, 6) is 0. The fraction of sp³-hybridized carbons (Fsp3) is 0.615. The van der Waals surface area contributed by atoms with E-state index in [-0.39, 0.29) is 5.41 Å². The molecular weight excluding hydrogens is 186 g/mol. The van der Waals surface area contributed by atoms with E-state index in [9.17, 15) is 0 Å². The topological polar surface area (TPSA) is 26.0 Å². The van der Waals surface area contributed by atoms with E-state index in [4.69, 9.17) is 4.52 Å². The van der Waals surface area contributed by atoms with Crippen LogP contribution in [0, 0.1) is 0 Å². The summed E-state index contributed by atoms with van der Waals surface area (Å²) in [6, 6.07) is 0. The van der Waals surface area contributed by atoms with Gasteiger partial charge >= 0.3 is 0 Å². The molecule has 1 aromatic rings. The molecule has 0 aliphatic heterocycles. The summed E-state index contributed by atoms with van der Waals surface area (Å²) < 4.78 is 5.04. The maximum atomic E-state index is 5.04. The molecule has 1 heterocycles. The predicted octanol–water partition coefficient (Wildman–Crippen LogP) is 4.18.